The third-order valence-corrected chi connectivity index (χ3v) is 5.19. The van der Waals surface area contributed by atoms with Crippen LogP contribution in [0.1, 0.15) is 26.2 Å². The van der Waals surface area contributed by atoms with Crippen LogP contribution in [0.2, 0.25) is 0 Å². The predicted molar refractivity (Wildman–Crippen MR) is 100 cm³/mol. The van der Waals surface area contributed by atoms with Gasteiger partial charge in [0, 0.05) is 10.1 Å². The number of hydrogen-bond acceptors (Lipinski definition) is 2. The van der Waals surface area contributed by atoms with Gasteiger partial charge in [-0.15, -0.1) is 0 Å². The Morgan fingerprint density at radius 1 is 1.22 bits per heavy atom. The maximum Gasteiger partial charge on any atom is 0.146 e. The fourth-order valence-corrected chi connectivity index (χ4v) is 5.59. The summed E-state index contributed by atoms with van der Waals surface area (Å²) >= 11 is 7.09. The van der Waals surface area contributed by atoms with E-state index in [-0.39, 0.29) is 5.60 Å². The van der Waals surface area contributed by atoms with Crippen molar-refractivity contribution >= 4 is 67.8 Å². The Morgan fingerprint density at radius 2 is 1.83 bits per heavy atom. The van der Waals surface area contributed by atoms with Gasteiger partial charge in [0.1, 0.15) is 11.4 Å². The molecule has 0 radical (unpaired) electrons. The molecule has 1 saturated carbocycles. The smallest absolute Gasteiger partial charge is 0.146 e. The second-order valence-electron chi connectivity index (χ2n) is 4.66. The summed E-state index contributed by atoms with van der Waals surface area (Å²) in [6.45, 7) is 4.24. The molecule has 2 rings (SSSR count). The van der Waals surface area contributed by atoms with Crippen molar-refractivity contribution < 1.29 is 4.74 Å². The minimum atomic E-state index is 0.0573. The third kappa shape index (κ3) is 4.08. The van der Waals surface area contributed by atoms with Crippen molar-refractivity contribution in [3.05, 3.63) is 22.8 Å². The number of ether oxygens (including phenoxy) is 1. The first-order chi connectivity index (χ1) is 8.56. The standard InChI is InChI=1S/C13H16I3NO/c1-2-5-17-8-13(3-4-13)18-12-10(15)6-9(14)7-11(12)16/h6-7,17H,2-5,8H2,1H3. The molecular weight excluding hydrogens is 567 g/mol. The first-order valence-corrected chi connectivity index (χ1v) is 9.34. The van der Waals surface area contributed by atoms with Crippen LogP contribution in [0.25, 0.3) is 0 Å². The van der Waals surface area contributed by atoms with Crippen LogP contribution in [0.15, 0.2) is 12.1 Å². The molecule has 0 atom stereocenters. The summed E-state index contributed by atoms with van der Waals surface area (Å²) in [7, 11) is 0. The Kier molecular flexibility index (Phi) is 5.83. The van der Waals surface area contributed by atoms with Crippen LogP contribution >= 0.6 is 67.8 Å². The lowest BCUT2D eigenvalue weighted by Gasteiger charge is -2.21. The minimum absolute atomic E-state index is 0.0573. The molecular formula is C13H16I3NO. The van der Waals surface area contributed by atoms with Crippen LogP contribution in [0, 0.1) is 10.7 Å². The third-order valence-electron chi connectivity index (χ3n) is 2.96. The quantitative estimate of drug-likeness (QED) is 0.396. The minimum Gasteiger partial charge on any atom is -0.484 e. The van der Waals surface area contributed by atoms with Crippen LogP contribution in [-0.2, 0) is 0 Å². The molecule has 18 heavy (non-hydrogen) atoms. The van der Waals surface area contributed by atoms with Gasteiger partial charge < -0.3 is 10.1 Å². The highest BCUT2D eigenvalue weighted by Gasteiger charge is 2.45. The van der Waals surface area contributed by atoms with Crippen molar-refractivity contribution in [2.45, 2.75) is 31.8 Å². The first-order valence-electron chi connectivity index (χ1n) is 6.10. The monoisotopic (exact) mass is 583 g/mol. The summed E-state index contributed by atoms with van der Waals surface area (Å²) < 4.78 is 9.99. The van der Waals surface area contributed by atoms with Gasteiger partial charge in [-0.25, -0.2) is 0 Å². The molecule has 5 heteroatoms. The van der Waals surface area contributed by atoms with Gasteiger partial charge in [0.15, 0.2) is 0 Å². The van der Waals surface area contributed by atoms with Gasteiger partial charge in [0.2, 0.25) is 0 Å². The zero-order chi connectivity index (χ0) is 13.2. The van der Waals surface area contributed by atoms with Gasteiger partial charge in [-0.2, -0.15) is 0 Å². The van der Waals surface area contributed by atoms with Crippen molar-refractivity contribution in [1.29, 1.82) is 0 Å². The molecule has 100 valence electrons. The van der Waals surface area contributed by atoms with Crippen LogP contribution in [0.5, 0.6) is 5.75 Å². The second kappa shape index (κ2) is 6.75. The second-order valence-corrected chi connectivity index (χ2v) is 8.23. The molecule has 0 aromatic heterocycles. The van der Waals surface area contributed by atoms with E-state index in [0.717, 1.165) is 18.8 Å². The average Bonchev–Trinajstić information content (AvgIpc) is 3.05. The molecule has 1 fully saturated rings. The molecule has 0 aliphatic heterocycles. The topological polar surface area (TPSA) is 21.3 Å². The molecule has 1 aliphatic carbocycles. The molecule has 1 N–H and O–H groups in total. The van der Waals surface area contributed by atoms with E-state index < -0.39 is 0 Å². The summed E-state index contributed by atoms with van der Waals surface area (Å²) in [4.78, 5) is 0. The summed E-state index contributed by atoms with van der Waals surface area (Å²) in [5.41, 5.74) is 0.0573. The fraction of sp³-hybridized carbons (Fsp3) is 0.538. The highest BCUT2D eigenvalue weighted by molar-refractivity contribution is 14.1. The molecule has 1 aromatic carbocycles. The molecule has 1 aliphatic rings. The predicted octanol–water partition coefficient (Wildman–Crippen LogP) is 4.41. The van der Waals surface area contributed by atoms with E-state index in [9.17, 15) is 0 Å². The van der Waals surface area contributed by atoms with Crippen LogP contribution < -0.4 is 10.1 Å². The van der Waals surface area contributed by atoms with E-state index in [2.05, 4.69) is 92.1 Å². The molecule has 0 spiro atoms. The Hall–Kier alpha value is 1.17. The number of rotatable bonds is 6. The number of benzene rings is 1. The summed E-state index contributed by atoms with van der Waals surface area (Å²) in [6, 6.07) is 4.35. The van der Waals surface area contributed by atoms with Crippen molar-refractivity contribution in [2.75, 3.05) is 13.1 Å². The summed E-state index contributed by atoms with van der Waals surface area (Å²) in [6.07, 6.45) is 3.51. The van der Waals surface area contributed by atoms with Gasteiger partial charge in [-0.3, -0.25) is 0 Å². The van der Waals surface area contributed by atoms with E-state index in [4.69, 9.17) is 4.74 Å². The van der Waals surface area contributed by atoms with E-state index in [0.29, 0.717) is 0 Å². The molecule has 0 bridgehead atoms. The van der Waals surface area contributed by atoms with Crippen LogP contribution in [0.4, 0.5) is 0 Å². The van der Waals surface area contributed by atoms with E-state index >= 15 is 0 Å². The van der Waals surface area contributed by atoms with E-state index in [1.165, 1.54) is 30.0 Å². The zero-order valence-electron chi connectivity index (χ0n) is 10.2. The normalized spacial score (nSPS) is 16.7. The number of halogens is 3. The van der Waals surface area contributed by atoms with Crippen LogP contribution in [-0.4, -0.2) is 18.7 Å². The summed E-state index contributed by atoms with van der Waals surface area (Å²) in [5, 5.41) is 3.48. The van der Waals surface area contributed by atoms with Gasteiger partial charge in [0.25, 0.3) is 0 Å². The van der Waals surface area contributed by atoms with Crippen molar-refractivity contribution in [2.24, 2.45) is 0 Å². The maximum absolute atomic E-state index is 6.30. The Balaban J connectivity index is 2.05. The van der Waals surface area contributed by atoms with Crippen molar-refractivity contribution in [1.82, 2.24) is 5.32 Å². The van der Waals surface area contributed by atoms with E-state index in [1.54, 1.807) is 0 Å². The molecule has 0 heterocycles. The lowest BCUT2D eigenvalue weighted by Crippen LogP contribution is -2.34. The molecule has 0 unspecified atom stereocenters. The average molecular weight is 583 g/mol. The van der Waals surface area contributed by atoms with Crippen molar-refractivity contribution in [3.63, 3.8) is 0 Å². The van der Waals surface area contributed by atoms with E-state index in [1.807, 2.05) is 0 Å². The lowest BCUT2D eigenvalue weighted by molar-refractivity contribution is 0.173. The zero-order valence-corrected chi connectivity index (χ0v) is 16.7. The SMILES string of the molecule is CCCNCC1(Oc2c(I)cc(I)cc2I)CC1. The maximum atomic E-state index is 6.30. The number of hydrogen-bond donors (Lipinski definition) is 1. The molecule has 0 amide bonds. The largest absolute Gasteiger partial charge is 0.484 e. The fourth-order valence-electron chi connectivity index (χ4n) is 1.79. The van der Waals surface area contributed by atoms with Crippen molar-refractivity contribution in [3.8, 4) is 5.75 Å². The molecule has 2 nitrogen and oxygen atoms in total. The first kappa shape index (κ1) is 15.6. The number of nitrogens with one attached hydrogen (secondary N) is 1. The lowest BCUT2D eigenvalue weighted by atomic mass is 10.3. The van der Waals surface area contributed by atoms with Gasteiger partial charge in [-0.1, -0.05) is 6.92 Å². The van der Waals surface area contributed by atoms with Crippen LogP contribution in [0.3, 0.4) is 0 Å². The Labute approximate surface area is 149 Å². The Bertz CT molecular complexity index is 409. The van der Waals surface area contributed by atoms with Gasteiger partial charge in [0.05, 0.1) is 7.14 Å². The summed E-state index contributed by atoms with van der Waals surface area (Å²) in [5.74, 6) is 1.06. The molecule has 0 saturated heterocycles. The van der Waals surface area contributed by atoms with Gasteiger partial charge in [-0.05, 0) is 106 Å². The highest BCUT2D eigenvalue weighted by Crippen LogP contribution is 2.42. The Morgan fingerprint density at radius 3 is 2.33 bits per heavy atom. The van der Waals surface area contributed by atoms with Gasteiger partial charge >= 0.3 is 0 Å². The highest BCUT2D eigenvalue weighted by atomic mass is 127. The molecule has 1 aromatic rings.